The van der Waals surface area contributed by atoms with Crippen molar-refractivity contribution in [3.8, 4) is 0 Å². The van der Waals surface area contributed by atoms with E-state index in [2.05, 4.69) is 6.58 Å². The summed E-state index contributed by atoms with van der Waals surface area (Å²) < 4.78 is 0. The SMILES string of the molecule is C=CC(=O)C=O.[Zn]. The molecule has 3 heteroatoms. The van der Waals surface area contributed by atoms with Crippen molar-refractivity contribution < 1.29 is 29.1 Å². The second-order valence-electron chi connectivity index (χ2n) is 0.724. The zero-order chi connectivity index (χ0) is 4.99. The molecule has 2 nitrogen and oxygen atoms in total. The summed E-state index contributed by atoms with van der Waals surface area (Å²) in [6.07, 6.45) is 1.18. The Bertz CT molecular complexity index is 77.7. The minimum atomic E-state index is -0.574. The molecule has 0 aromatic rings. The molecule has 0 unspecified atom stereocenters. The Morgan fingerprint density at radius 3 is 2.00 bits per heavy atom. The average molecular weight is 149 g/mol. The molecular weight excluding hydrogens is 145 g/mol. The fourth-order valence-electron chi connectivity index (χ4n) is 0.0481. The van der Waals surface area contributed by atoms with Crippen molar-refractivity contribution in [1.82, 2.24) is 0 Å². The third-order valence-electron chi connectivity index (χ3n) is 0.317. The molecule has 0 bridgehead atoms. The van der Waals surface area contributed by atoms with Gasteiger partial charge in [-0.3, -0.25) is 9.59 Å². The topological polar surface area (TPSA) is 34.1 Å². The van der Waals surface area contributed by atoms with E-state index in [0.29, 0.717) is 0 Å². The minimum absolute atomic E-state index is 0. The summed E-state index contributed by atoms with van der Waals surface area (Å²) in [7, 11) is 0. The largest absolute Gasteiger partial charge is 0.294 e. The van der Waals surface area contributed by atoms with Crippen LogP contribution in [-0.2, 0) is 29.1 Å². The molecule has 0 spiro atoms. The van der Waals surface area contributed by atoms with Crippen LogP contribution in [0.4, 0.5) is 0 Å². The summed E-state index contributed by atoms with van der Waals surface area (Å²) in [5.74, 6) is -0.574. The fourth-order valence-corrected chi connectivity index (χ4v) is 0.0481. The third-order valence-corrected chi connectivity index (χ3v) is 0.317. The van der Waals surface area contributed by atoms with Gasteiger partial charge in [-0.25, -0.2) is 0 Å². The van der Waals surface area contributed by atoms with Crippen LogP contribution in [0.3, 0.4) is 0 Å². The minimum Gasteiger partial charge on any atom is -0.294 e. The normalized spacial score (nSPS) is 5.71. The van der Waals surface area contributed by atoms with Crippen LogP contribution in [0.1, 0.15) is 0 Å². The van der Waals surface area contributed by atoms with Gasteiger partial charge in [0, 0.05) is 19.5 Å². The zero-order valence-electron chi connectivity index (χ0n) is 3.89. The van der Waals surface area contributed by atoms with E-state index in [9.17, 15) is 9.59 Å². The number of hydrogen-bond donors (Lipinski definition) is 0. The van der Waals surface area contributed by atoms with Crippen molar-refractivity contribution in [3.63, 3.8) is 0 Å². The number of rotatable bonds is 2. The maximum absolute atomic E-state index is 9.69. The molecule has 0 aliphatic heterocycles. The molecule has 0 saturated heterocycles. The molecule has 0 aromatic heterocycles. The van der Waals surface area contributed by atoms with E-state index in [0.717, 1.165) is 6.08 Å². The molecule has 0 aliphatic carbocycles. The van der Waals surface area contributed by atoms with Crippen LogP contribution in [0.2, 0.25) is 0 Å². The molecular formula is C4H4O2Zn. The number of aldehydes is 1. The predicted octanol–water partition coefficient (Wildman–Crippen LogP) is -0.0621. The third kappa shape index (κ3) is 5.70. The van der Waals surface area contributed by atoms with Crippen LogP contribution in [0.5, 0.6) is 0 Å². The molecule has 7 heavy (non-hydrogen) atoms. The number of carbonyl (C=O) groups excluding carboxylic acids is 2. The Balaban J connectivity index is 0. The van der Waals surface area contributed by atoms with E-state index in [4.69, 9.17) is 0 Å². The van der Waals surface area contributed by atoms with Crippen LogP contribution in [0.25, 0.3) is 0 Å². The summed E-state index contributed by atoms with van der Waals surface area (Å²) in [4.78, 5) is 19.0. The molecule has 0 heterocycles. The summed E-state index contributed by atoms with van der Waals surface area (Å²) >= 11 is 0. The molecule has 0 N–H and O–H groups in total. The van der Waals surface area contributed by atoms with E-state index in [-0.39, 0.29) is 25.8 Å². The van der Waals surface area contributed by atoms with Crippen LogP contribution in [0.15, 0.2) is 12.7 Å². The molecule has 0 fully saturated rings. The molecule has 0 aliphatic rings. The van der Waals surface area contributed by atoms with E-state index in [1.807, 2.05) is 0 Å². The van der Waals surface area contributed by atoms with E-state index in [1.165, 1.54) is 0 Å². The molecule has 0 aromatic carbocycles. The molecule has 0 atom stereocenters. The molecule has 0 rings (SSSR count). The molecule has 0 saturated carbocycles. The Morgan fingerprint density at radius 1 is 1.57 bits per heavy atom. The molecule has 34 valence electrons. The number of ketones is 1. The van der Waals surface area contributed by atoms with E-state index < -0.39 is 5.78 Å². The van der Waals surface area contributed by atoms with Gasteiger partial charge >= 0.3 is 0 Å². The van der Waals surface area contributed by atoms with Crippen molar-refractivity contribution in [1.29, 1.82) is 0 Å². The second kappa shape index (κ2) is 5.70. The van der Waals surface area contributed by atoms with E-state index in [1.54, 1.807) is 0 Å². The number of carbonyl (C=O) groups is 2. The van der Waals surface area contributed by atoms with Crippen LogP contribution >= 0.6 is 0 Å². The quantitative estimate of drug-likeness (QED) is 0.239. The van der Waals surface area contributed by atoms with Crippen LogP contribution in [-0.4, -0.2) is 12.1 Å². The zero-order valence-corrected chi connectivity index (χ0v) is 6.85. The monoisotopic (exact) mass is 148 g/mol. The fraction of sp³-hybridized carbons (Fsp3) is 0. The average Bonchev–Trinajstić information content (AvgIpc) is 1.65. The first-order valence-corrected chi connectivity index (χ1v) is 1.43. The van der Waals surface area contributed by atoms with Gasteiger partial charge in [-0.15, -0.1) is 0 Å². The van der Waals surface area contributed by atoms with Crippen LogP contribution in [0, 0.1) is 0 Å². The van der Waals surface area contributed by atoms with Gasteiger partial charge in [0.15, 0.2) is 6.29 Å². The maximum Gasteiger partial charge on any atom is 0.217 e. The van der Waals surface area contributed by atoms with E-state index >= 15 is 0 Å². The van der Waals surface area contributed by atoms with Gasteiger partial charge in [0.1, 0.15) is 0 Å². The van der Waals surface area contributed by atoms with Crippen molar-refractivity contribution >= 4 is 12.1 Å². The van der Waals surface area contributed by atoms with Gasteiger partial charge in [0.2, 0.25) is 5.78 Å². The van der Waals surface area contributed by atoms with Crippen LogP contribution < -0.4 is 0 Å². The van der Waals surface area contributed by atoms with Gasteiger partial charge < -0.3 is 0 Å². The molecule has 0 radical (unpaired) electrons. The first kappa shape index (κ1) is 9.86. The van der Waals surface area contributed by atoms with Gasteiger partial charge in [0.05, 0.1) is 0 Å². The Morgan fingerprint density at radius 2 is 2.00 bits per heavy atom. The van der Waals surface area contributed by atoms with Crippen molar-refractivity contribution in [2.45, 2.75) is 0 Å². The standard InChI is InChI=1S/C4H4O2.Zn/c1-2-4(6)3-5;/h2-3H,1H2;. The molecule has 0 amide bonds. The Labute approximate surface area is 54.4 Å². The first-order chi connectivity index (χ1) is 2.81. The van der Waals surface area contributed by atoms with Crippen molar-refractivity contribution in [3.05, 3.63) is 12.7 Å². The van der Waals surface area contributed by atoms with Crippen molar-refractivity contribution in [2.24, 2.45) is 0 Å². The van der Waals surface area contributed by atoms with Gasteiger partial charge in [-0.05, 0) is 6.08 Å². The second-order valence-corrected chi connectivity index (χ2v) is 0.724. The number of allylic oxidation sites excluding steroid dienone is 1. The summed E-state index contributed by atoms with van der Waals surface area (Å²) in [6, 6.07) is 0. The smallest absolute Gasteiger partial charge is 0.217 e. The Hall–Kier alpha value is -0.297. The summed E-state index contributed by atoms with van der Waals surface area (Å²) in [6.45, 7) is 3.05. The summed E-state index contributed by atoms with van der Waals surface area (Å²) in [5.41, 5.74) is 0. The van der Waals surface area contributed by atoms with Gasteiger partial charge in [0.25, 0.3) is 0 Å². The van der Waals surface area contributed by atoms with Gasteiger partial charge in [-0.1, -0.05) is 6.58 Å². The predicted molar refractivity (Wildman–Crippen MR) is 21.3 cm³/mol. The maximum atomic E-state index is 9.69. The Kier molecular flexibility index (Phi) is 8.03. The van der Waals surface area contributed by atoms with Crippen molar-refractivity contribution in [2.75, 3.05) is 0 Å². The summed E-state index contributed by atoms with van der Waals surface area (Å²) in [5, 5.41) is 0. The van der Waals surface area contributed by atoms with Gasteiger partial charge in [-0.2, -0.15) is 0 Å². The number of hydrogen-bond acceptors (Lipinski definition) is 2. The first-order valence-electron chi connectivity index (χ1n) is 1.43.